The first kappa shape index (κ1) is 16.5. The fourth-order valence-corrected chi connectivity index (χ4v) is 4.22. The summed E-state index contributed by atoms with van der Waals surface area (Å²) in [6.45, 7) is 2.89. The van der Waals surface area contributed by atoms with E-state index in [0.717, 1.165) is 60.5 Å². The van der Waals surface area contributed by atoms with Gasteiger partial charge in [-0.2, -0.15) is 0 Å². The van der Waals surface area contributed by atoms with Crippen LogP contribution in [0.15, 0.2) is 6.07 Å². The topological polar surface area (TPSA) is 69.6 Å². The summed E-state index contributed by atoms with van der Waals surface area (Å²) in [5, 5.41) is 12.7. The first-order valence-electron chi connectivity index (χ1n) is 8.43. The largest absolute Gasteiger partial charge is 0.396 e. The summed E-state index contributed by atoms with van der Waals surface area (Å²) >= 11 is 1.38. The molecule has 2 heterocycles. The molecule has 2 fully saturated rings. The van der Waals surface area contributed by atoms with E-state index in [1.165, 1.54) is 11.3 Å². The van der Waals surface area contributed by atoms with Crippen LogP contribution in [-0.2, 0) is 4.79 Å². The molecule has 6 heteroatoms. The zero-order chi connectivity index (χ0) is 16.4. The average molecular weight is 336 g/mol. The van der Waals surface area contributed by atoms with Crippen LogP contribution in [-0.4, -0.2) is 41.0 Å². The van der Waals surface area contributed by atoms with Crippen LogP contribution in [0.2, 0.25) is 0 Å². The summed E-state index contributed by atoms with van der Waals surface area (Å²) in [4.78, 5) is 27.4. The van der Waals surface area contributed by atoms with Gasteiger partial charge >= 0.3 is 0 Å². The number of rotatable bonds is 6. The van der Waals surface area contributed by atoms with Crippen molar-refractivity contribution in [1.29, 1.82) is 0 Å². The van der Waals surface area contributed by atoms with E-state index in [0.29, 0.717) is 0 Å². The van der Waals surface area contributed by atoms with Gasteiger partial charge in [-0.25, -0.2) is 0 Å². The van der Waals surface area contributed by atoms with Crippen molar-refractivity contribution in [3.63, 3.8) is 0 Å². The van der Waals surface area contributed by atoms with E-state index in [4.69, 9.17) is 5.11 Å². The number of nitrogens with zero attached hydrogens (tertiary/aromatic N) is 1. The molecule has 1 unspecified atom stereocenters. The molecule has 2 amide bonds. The van der Waals surface area contributed by atoms with Crippen LogP contribution in [0.25, 0.3) is 0 Å². The number of nitrogens with one attached hydrogen (secondary N) is 1. The summed E-state index contributed by atoms with van der Waals surface area (Å²) < 4.78 is 0. The second-order valence-corrected chi connectivity index (χ2v) is 7.60. The van der Waals surface area contributed by atoms with Crippen molar-refractivity contribution in [2.24, 2.45) is 5.92 Å². The molecule has 0 bridgehead atoms. The van der Waals surface area contributed by atoms with E-state index in [2.05, 4.69) is 5.32 Å². The first-order valence-corrected chi connectivity index (χ1v) is 9.25. The lowest BCUT2D eigenvalue weighted by Gasteiger charge is -2.24. The molecule has 1 saturated carbocycles. The van der Waals surface area contributed by atoms with Gasteiger partial charge < -0.3 is 15.3 Å². The molecule has 1 atom stereocenters. The summed E-state index contributed by atoms with van der Waals surface area (Å²) in [7, 11) is 0. The number of amides is 2. The molecule has 1 aromatic heterocycles. The van der Waals surface area contributed by atoms with E-state index in [1.807, 2.05) is 17.9 Å². The number of hydrogen-bond acceptors (Lipinski definition) is 4. The van der Waals surface area contributed by atoms with Crippen molar-refractivity contribution >= 4 is 28.2 Å². The third kappa shape index (κ3) is 3.75. The Kier molecular flexibility index (Phi) is 5.02. The smallest absolute Gasteiger partial charge is 0.264 e. The molecule has 1 aliphatic carbocycles. The number of thiophene rings is 1. The maximum Gasteiger partial charge on any atom is 0.264 e. The van der Waals surface area contributed by atoms with E-state index in [9.17, 15) is 9.59 Å². The minimum Gasteiger partial charge on any atom is -0.396 e. The summed E-state index contributed by atoms with van der Waals surface area (Å²) in [5.74, 6) is 0.310. The van der Waals surface area contributed by atoms with Crippen molar-refractivity contribution < 1.29 is 14.7 Å². The fourth-order valence-electron chi connectivity index (χ4n) is 3.19. The Bertz CT molecular complexity index is 595. The normalized spacial score (nSPS) is 20.8. The third-order valence-electron chi connectivity index (χ3n) is 4.64. The summed E-state index contributed by atoms with van der Waals surface area (Å²) in [5.41, 5.74) is 0.930. The van der Waals surface area contributed by atoms with Gasteiger partial charge in [0.2, 0.25) is 5.91 Å². The molecule has 1 aromatic rings. The van der Waals surface area contributed by atoms with Crippen LogP contribution in [0, 0.1) is 12.8 Å². The number of aliphatic hydroxyl groups is 1. The van der Waals surface area contributed by atoms with Crippen LogP contribution in [0.4, 0.5) is 5.00 Å². The highest BCUT2D eigenvalue weighted by atomic mass is 32.1. The number of likely N-dealkylation sites (tertiary alicyclic amines) is 1. The zero-order valence-corrected chi connectivity index (χ0v) is 14.3. The Balaban J connectivity index is 1.68. The number of aliphatic hydroxyl groups excluding tert-OH is 1. The maximum atomic E-state index is 12.8. The highest BCUT2D eigenvalue weighted by Gasteiger charge is 2.32. The van der Waals surface area contributed by atoms with Gasteiger partial charge in [0, 0.05) is 25.1 Å². The van der Waals surface area contributed by atoms with Gasteiger partial charge in [0.05, 0.1) is 9.88 Å². The number of carbonyl (C=O) groups excluding carboxylic acids is 2. The second-order valence-electron chi connectivity index (χ2n) is 6.55. The zero-order valence-electron chi connectivity index (χ0n) is 13.5. The van der Waals surface area contributed by atoms with Crippen LogP contribution in [0.1, 0.15) is 53.8 Å². The molecule has 126 valence electrons. The minimum absolute atomic E-state index is 0.0693. The van der Waals surface area contributed by atoms with Gasteiger partial charge in [0.15, 0.2) is 0 Å². The van der Waals surface area contributed by atoms with Crippen molar-refractivity contribution in [2.45, 2.75) is 51.5 Å². The Morgan fingerprint density at radius 2 is 2.17 bits per heavy atom. The lowest BCUT2D eigenvalue weighted by molar-refractivity contribution is -0.117. The number of aryl methyl sites for hydroxylation is 1. The molecule has 1 saturated heterocycles. The van der Waals surface area contributed by atoms with E-state index in [-0.39, 0.29) is 30.4 Å². The lowest BCUT2D eigenvalue weighted by Crippen LogP contribution is -2.35. The van der Waals surface area contributed by atoms with Crippen molar-refractivity contribution in [1.82, 2.24) is 4.90 Å². The average Bonchev–Trinajstić information content (AvgIpc) is 3.18. The number of carbonyl (C=O) groups is 2. The lowest BCUT2D eigenvalue weighted by atomic mass is 10.1. The van der Waals surface area contributed by atoms with E-state index < -0.39 is 0 Å². The summed E-state index contributed by atoms with van der Waals surface area (Å²) in [6, 6.07) is 2.14. The monoisotopic (exact) mass is 336 g/mol. The molecular formula is C17H24N2O3S. The van der Waals surface area contributed by atoms with Gasteiger partial charge in [0.1, 0.15) is 0 Å². The number of anilines is 1. The van der Waals surface area contributed by atoms with Gasteiger partial charge in [-0.3, -0.25) is 9.59 Å². The minimum atomic E-state index is 0.0693. The molecule has 0 spiro atoms. The highest BCUT2D eigenvalue weighted by molar-refractivity contribution is 7.18. The van der Waals surface area contributed by atoms with Crippen LogP contribution in [0.5, 0.6) is 0 Å². The highest BCUT2D eigenvalue weighted by Crippen LogP contribution is 2.34. The van der Waals surface area contributed by atoms with E-state index >= 15 is 0 Å². The molecule has 5 nitrogen and oxygen atoms in total. The number of hydrogen-bond donors (Lipinski definition) is 2. The van der Waals surface area contributed by atoms with Crippen molar-refractivity contribution in [3.8, 4) is 0 Å². The Morgan fingerprint density at radius 1 is 1.39 bits per heavy atom. The fraction of sp³-hybridized carbons (Fsp3) is 0.647. The predicted molar refractivity (Wildman–Crippen MR) is 90.8 cm³/mol. The molecule has 23 heavy (non-hydrogen) atoms. The van der Waals surface area contributed by atoms with Gasteiger partial charge in [-0.05, 0) is 57.1 Å². The predicted octanol–water partition coefficient (Wildman–Crippen LogP) is 2.78. The van der Waals surface area contributed by atoms with Gasteiger partial charge in [0.25, 0.3) is 5.91 Å². The van der Waals surface area contributed by atoms with Crippen LogP contribution < -0.4 is 5.32 Å². The second kappa shape index (κ2) is 7.01. The van der Waals surface area contributed by atoms with Crippen molar-refractivity contribution in [3.05, 3.63) is 16.5 Å². The quantitative estimate of drug-likeness (QED) is 0.839. The third-order valence-corrected chi connectivity index (χ3v) is 5.78. The van der Waals surface area contributed by atoms with Gasteiger partial charge in [-0.1, -0.05) is 0 Å². The standard InChI is InChI=1S/C17H24N2O3S/c1-11-10-14(18-16(21)12-6-7-12)23-15(11)17(22)19-8-2-4-13(19)5-3-9-20/h10,12-13,20H,2-9H2,1H3,(H,18,21). The van der Waals surface area contributed by atoms with Gasteiger partial charge in [-0.15, -0.1) is 11.3 Å². The Morgan fingerprint density at radius 3 is 2.87 bits per heavy atom. The van der Waals surface area contributed by atoms with Crippen LogP contribution in [0.3, 0.4) is 0 Å². The molecule has 1 aliphatic heterocycles. The summed E-state index contributed by atoms with van der Waals surface area (Å²) in [6.07, 6.45) is 5.59. The molecule has 2 N–H and O–H groups in total. The Hall–Kier alpha value is -1.40. The molecule has 3 rings (SSSR count). The van der Waals surface area contributed by atoms with E-state index in [1.54, 1.807) is 0 Å². The maximum absolute atomic E-state index is 12.8. The molecule has 0 radical (unpaired) electrons. The first-order chi connectivity index (χ1) is 11.1. The molecular weight excluding hydrogens is 312 g/mol. The van der Waals surface area contributed by atoms with Crippen LogP contribution >= 0.6 is 11.3 Å². The SMILES string of the molecule is Cc1cc(NC(=O)C2CC2)sc1C(=O)N1CCCC1CCCO. The molecule has 2 aliphatic rings. The molecule has 0 aromatic carbocycles. The van der Waals surface area contributed by atoms with Crippen molar-refractivity contribution in [2.75, 3.05) is 18.5 Å². The Labute approximate surface area is 140 Å².